The number of urea groups is 1. The highest BCUT2D eigenvalue weighted by Gasteiger charge is 2.24. The molecule has 1 fully saturated rings. The number of aromatic nitrogens is 3. The second-order valence-electron chi connectivity index (χ2n) is 9.36. The third-order valence-electron chi connectivity index (χ3n) is 6.48. The molecule has 11 heteroatoms. The quantitative estimate of drug-likeness (QED) is 0.306. The van der Waals surface area contributed by atoms with E-state index in [9.17, 15) is 14.1 Å². The Morgan fingerprint density at radius 1 is 0.975 bits per heavy atom. The Bertz CT molecular complexity index is 1510. The fourth-order valence-electron chi connectivity index (χ4n) is 4.36. The topological polar surface area (TPSA) is 130 Å². The zero-order chi connectivity index (χ0) is 28.1. The Kier molecular flexibility index (Phi) is 8.44. The minimum absolute atomic E-state index is 0.0565. The van der Waals surface area contributed by atoms with Gasteiger partial charge in [0.1, 0.15) is 0 Å². The molecule has 0 radical (unpaired) electrons. The Hall–Kier alpha value is -4.19. The molecule has 2 amide bonds. The normalized spacial score (nSPS) is 15.9. The maximum atomic E-state index is 12.5. The van der Waals surface area contributed by atoms with Crippen LogP contribution < -0.4 is 15.5 Å². The maximum absolute atomic E-state index is 12.5. The van der Waals surface area contributed by atoms with Crippen LogP contribution in [0.4, 0.5) is 22.1 Å². The van der Waals surface area contributed by atoms with E-state index in [2.05, 4.69) is 22.5 Å². The van der Waals surface area contributed by atoms with Gasteiger partial charge >= 0.3 is 6.03 Å². The maximum Gasteiger partial charge on any atom is 0.323 e. The minimum atomic E-state index is -1.23. The molecule has 0 spiro atoms. The molecule has 1 aromatic heterocycles. The van der Waals surface area contributed by atoms with Crippen LogP contribution >= 0.6 is 0 Å². The molecule has 1 saturated heterocycles. The lowest BCUT2D eigenvalue weighted by Crippen LogP contribution is -2.44. The third kappa shape index (κ3) is 6.33. The number of anilines is 3. The average Bonchev–Trinajstić information content (AvgIpc) is 2.98. The number of rotatable bonds is 7. The molecule has 2 atom stereocenters. The van der Waals surface area contributed by atoms with Gasteiger partial charge in [-0.15, -0.1) is 0 Å². The second kappa shape index (κ2) is 12.3. The SMILES string of the molecule is CC1COCCN1c1nc(-c2ccc(NC(=O)Nc3ccc(CO)cc3)cc2)nc(-c2ccccc2S(C)=O)n1. The van der Waals surface area contributed by atoms with Crippen molar-refractivity contribution in [2.45, 2.75) is 24.5 Å². The third-order valence-corrected chi connectivity index (χ3v) is 7.46. The van der Waals surface area contributed by atoms with Gasteiger partial charge in [0.05, 0.1) is 36.7 Å². The van der Waals surface area contributed by atoms with Crippen molar-refractivity contribution in [2.24, 2.45) is 0 Å². The first-order valence-corrected chi connectivity index (χ1v) is 14.4. The summed E-state index contributed by atoms with van der Waals surface area (Å²) in [5.41, 5.74) is 3.40. The molecule has 0 aliphatic carbocycles. The van der Waals surface area contributed by atoms with Crippen LogP contribution in [0.5, 0.6) is 0 Å². The van der Waals surface area contributed by atoms with Crippen molar-refractivity contribution < 1.29 is 18.8 Å². The number of morpholine rings is 1. The molecule has 1 aliphatic rings. The summed E-state index contributed by atoms with van der Waals surface area (Å²) in [6.07, 6.45) is 1.64. The Morgan fingerprint density at radius 2 is 1.62 bits per heavy atom. The average molecular weight is 559 g/mol. The number of amides is 2. The van der Waals surface area contributed by atoms with E-state index in [-0.39, 0.29) is 18.7 Å². The van der Waals surface area contributed by atoms with Gasteiger partial charge in [-0.05, 0) is 61.0 Å². The van der Waals surface area contributed by atoms with E-state index in [0.717, 1.165) is 11.1 Å². The molecular weight excluding hydrogens is 528 g/mol. The van der Waals surface area contributed by atoms with Gasteiger partial charge in [0, 0.05) is 40.2 Å². The first-order valence-electron chi connectivity index (χ1n) is 12.8. The second-order valence-corrected chi connectivity index (χ2v) is 10.7. The first-order chi connectivity index (χ1) is 19.4. The first kappa shape index (κ1) is 27.4. The number of benzene rings is 3. The summed E-state index contributed by atoms with van der Waals surface area (Å²) in [5, 5.41) is 14.8. The van der Waals surface area contributed by atoms with Crippen molar-refractivity contribution in [2.75, 3.05) is 41.5 Å². The largest absolute Gasteiger partial charge is 0.392 e. The molecule has 40 heavy (non-hydrogen) atoms. The van der Waals surface area contributed by atoms with E-state index < -0.39 is 10.8 Å². The van der Waals surface area contributed by atoms with Gasteiger partial charge in [0.25, 0.3) is 0 Å². The monoisotopic (exact) mass is 558 g/mol. The molecule has 0 saturated carbocycles. The highest BCUT2D eigenvalue weighted by atomic mass is 32.2. The highest BCUT2D eigenvalue weighted by Crippen LogP contribution is 2.28. The van der Waals surface area contributed by atoms with Crippen LogP contribution in [0.1, 0.15) is 12.5 Å². The molecule has 1 aliphatic heterocycles. The molecule has 206 valence electrons. The molecule has 4 aromatic rings. The lowest BCUT2D eigenvalue weighted by Gasteiger charge is -2.33. The molecule has 2 unspecified atom stereocenters. The summed E-state index contributed by atoms with van der Waals surface area (Å²) in [4.78, 5) is 29.6. The number of aliphatic hydroxyl groups excluding tert-OH is 1. The molecule has 0 bridgehead atoms. The Morgan fingerprint density at radius 3 is 2.27 bits per heavy atom. The number of carbonyl (C=O) groups excluding carboxylic acids is 1. The van der Waals surface area contributed by atoms with E-state index >= 15 is 0 Å². The predicted octanol–water partition coefficient (Wildman–Crippen LogP) is 4.30. The number of carbonyl (C=O) groups is 1. The van der Waals surface area contributed by atoms with E-state index in [4.69, 9.17) is 19.7 Å². The van der Waals surface area contributed by atoms with Gasteiger partial charge in [0.15, 0.2) is 11.6 Å². The van der Waals surface area contributed by atoms with E-state index in [0.29, 0.717) is 59.2 Å². The molecule has 3 N–H and O–H groups in total. The van der Waals surface area contributed by atoms with Gasteiger partial charge < -0.3 is 25.4 Å². The fourth-order valence-corrected chi connectivity index (χ4v) is 5.10. The van der Waals surface area contributed by atoms with Crippen molar-refractivity contribution in [1.29, 1.82) is 0 Å². The summed E-state index contributed by atoms with van der Waals surface area (Å²) in [5.74, 6) is 1.44. The van der Waals surface area contributed by atoms with Crippen molar-refractivity contribution in [1.82, 2.24) is 15.0 Å². The lowest BCUT2D eigenvalue weighted by molar-refractivity contribution is 0.0981. The summed E-state index contributed by atoms with van der Waals surface area (Å²) in [6, 6.07) is 21.3. The van der Waals surface area contributed by atoms with Crippen molar-refractivity contribution in [3.05, 3.63) is 78.4 Å². The fraction of sp³-hybridized carbons (Fsp3) is 0.241. The molecule has 2 heterocycles. The van der Waals surface area contributed by atoms with Crippen LogP contribution in [0.15, 0.2) is 77.7 Å². The van der Waals surface area contributed by atoms with Crippen LogP contribution in [0, 0.1) is 0 Å². The summed E-state index contributed by atoms with van der Waals surface area (Å²) >= 11 is 0. The van der Waals surface area contributed by atoms with E-state index in [1.165, 1.54) is 0 Å². The minimum Gasteiger partial charge on any atom is -0.392 e. The van der Waals surface area contributed by atoms with Crippen LogP contribution in [-0.4, -0.2) is 62.4 Å². The van der Waals surface area contributed by atoms with E-state index in [1.807, 2.05) is 36.4 Å². The molecule has 10 nitrogen and oxygen atoms in total. The van der Waals surface area contributed by atoms with Crippen LogP contribution in [0.2, 0.25) is 0 Å². The van der Waals surface area contributed by atoms with Gasteiger partial charge in [-0.25, -0.2) is 9.78 Å². The number of aliphatic hydroxyl groups is 1. The van der Waals surface area contributed by atoms with Crippen LogP contribution in [0.25, 0.3) is 22.8 Å². The number of hydrogen-bond acceptors (Lipinski definition) is 8. The zero-order valence-corrected chi connectivity index (χ0v) is 23.0. The number of ether oxygens (including phenoxy) is 1. The zero-order valence-electron chi connectivity index (χ0n) is 22.2. The van der Waals surface area contributed by atoms with Gasteiger partial charge in [-0.1, -0.05) is 24.3 Å². The van der Waals surface area contributed by atoms with Gasteiger partial charge in [0.2, 0.25) is 5.95 Å². The Labute approximate surface area is 234 Å². The summed E-state index contributed by atoms with van der Waals surface area (Å²) in [6.45, 7) is 3.79. The van der Waals surface area contributed by atoms with Crippen molar-refractivity contribution >= 4 is 34.2 Å². The predicted molar refractivity (Wildman–Crippen MR) is 156 cm³/mol. The molecular formula is C29H30N6O4S. The Balaban J connectivity index is 1.43. The highest BCUT2D eigenvalue weighted by molar-refractivity contribution is 7.84. The van der Waals surface area contributed by atoms with Crippen molar-refractivity contribution in [3.8, 4) is 22.8 Å². The van der Waals surface area contributed by atoms with Crippen LogP contribution in [-0.2, 0) is 22.1 Å². The standard InChI is InChI=1S/C29H30N6O4S/c1-19-18-39-16-15-35(19)28-33-26(32-27(34-28)24-5-3-4-6-25(24)40(2)38)21-9-13-23(14-10-21)31-29(37)30-22-11-7-20(17-36)8-12-22/h3-14,19,36H,15-18H2,1-2H3,(H2,30,31,37). The summed E-state index contributed by atoms with van der Waals surface area (Å²) in [7, 11) is -1.23. The lowest BCUT2D eigenvalue weighted by atomic mass is 10.1. The van der Waals surface area contributed by atoms with Crippen molar-refractivity contribution in [3.63, 3.8) is 0 Å². The van der Waals surface area contributed by atoms with Gasteiger partial charge in [-0.2, -0.15) is 9.97 Å². The molecule has 5 rings (SSSR count). The number of nitrogens with zero attached hydrogens (tertiary/aromatic N) is 4. The van der Waals surface area contributed by atoms with Gasteiger partial charge in [-0.3, -0.25) is 4.21 Å². The van der Waals surface area contributed by atoms with E-state index in [1.54, 1.807) is 42.7 Å². The number of hydrogen-bond donors (Lipinski definition) is 3. The smallest absolute Gasteiger partial charge is 0.323 e. The number of nitrogens with one attached hydrogen (secondary N) is 2. The van der Waals surface area contributed by atoms with Crippen LogP contribution in [0.3, 0.4) is 0 Å². The molecule has 3 aromatic carbocycles. The summed E-state index contributed by atoms with van der Waals surface area (Å²) < 4.78 is 18.1.